The highest BCUT2D eigenvalue weighted by molar-refractivity contribution is 5.89. The Morgan fingerprint density at radius 1 is 0.521 bits per heavy atom. The van der Waals surface area contributed by atoms with E-state index in [1.54, 1.807) is 25.1 Å². The molecule has 0 aromatic heterocycles. The first kappa shape index (κ1) is 32.6. The van der Waals surface area contributed by atoms with Gasteiger partial charge in [0.2, 0.25) is 0 Å². The summed E-state index contributed by atoms with van der Waals surface area (Å²) in [7, 11) is 0. The molecule has 0 saturated heterocycles. The third kappa shape index (κ3) is 6.44. The molecule has 0 spiro atoms. The number of hydrogen-bond acceptors (Lipinski definition) is 0. The maximum Gasteiger partial charge on any atom is 0.195 e. The lowest BCUT2D eigenvalue weighted by molar-refractivity contribution is 0.451. The van der Waals surface area contributed by atoms with Gasteiger partial charge in [-0.1, -0.05) is 67.6 Å². The van der Waals surface area contributed by atoms with Crippen molar-refractivity contribution in [3.05, 3.63) is 154 Å². The molecular weight excluding hydrogens is 625 g/mol. The van der Waals surface area contributed by atoms with Crippen LogP contribution in [0.3, 0.4) is 0 Å². The van der Waals surface area contributed by atoms with E-state index < -0.39 is 46.1 Å². The zero-order valence-electron chi connectivity index (χ0n) is 25.9. The Morgan fingerprint density at radius 3 is 1.81 bits per heavy atom. The second-order valence-electron chi connectivity index (χ2n) is 11.6. The van der Waals surface area contributed by atoms with Gasteiger partial charge in [0.1, 0.15) is 23.3 Å². The third-order valence-electron chi connectivity index (χ3n) is 8.31. The Labute approximate surface area is 273 Å². The van der Waals surface area contributed by atoms with Crippen molar-refractivity contribution in [2.45, 2.75) is 33.1 Å². The van der Waals surface area contributed by atoms with Gasteiger partial charge in [0, 0.05) is 16.7 Å². The van der Waals surface area contributed by atoms with E-state index >= 15 is 13.2 Å². The summed E-state index contributed by atoms with van der Waals surface area (Å²) in [6.45, 7) is 3.78. The number of aryl methyl sites for hydroxylation is 2. The highest BCUT2D eigenvalue weighted by Crippen LogP contribution is 2.33. The van der Waals surface area contributed by atoms with Crippen LogP contribution in [-0.2, 0) is 6.42 Å². The van der Waals surface area contributed by atoms with Gasteiger partial charge in [-0.2, -0.15) is 0 Å². The van der Waals surface area contributed by atoms with E-state index in [0.29, 0.717) is 22.8 Å². The minimum Gasteiger partial charge on any atom is -0.206 e. The van der Waals surface area contributed by atoms with Crippen LogP contribution in [0.25, 0.3) is 44.2 Å². The molecule has 6 aromatic rings. The Balaban J connectivity index is 1.24. The lowest BCUT2D eigenvalue weighted by atomic mass is 9.96. The molecule has 0 saturated carbocycles. The smallest absolute Gasteiger partial charge is 0.195 e. The molecule has 0 aliphatic carbocycles. The molecule has 240 valence electrons. The SMILES string of the molecule is CCCCc1ccc(-c2ccc(-c3cc(C)c(C#Cc4ccc(-c5cc(F)c6c(F)c(F)c(F)cc6c5)c(F)c4)c(F)c3)c(F)c2)cc1. The number of unbranched alkanes of at least 4 members (excludes halogenated alkanes) is 1. The molecule has 0 heterocycles. The predicted octanol–water partition coefficient (Wildman–Crippen LogP) is 11.9. The van der Waals surface area contributed by atoms with Gasteiger partial charge in [0.05, 0.1) is 10.9 Å². The number of fused-ring (bicyclic) bond motifs is 1. The van der Waals surface area contributed by atoms with Crippen molar-refractivity contribution in [2.24, 2.45) is 0 Å². The predicted molar refractivity (Wildman–Crippen MR) is 176 cm³/mol. The first-order valence-corrected chi connectivity index (χ1v) is 15.3. The van der Waals surface area contributed by atoms with Gasteiger partial charge in [-0.05, 0) is 107 Å². The van der Waals surface area contributed by atoms with Crippen LogP contribution in [0.15, 0.2) is 91.0 Å². The van der Waals surface area contributed by atoms with Crippen LogP contribution in [0.5, 0.6) is 0 Å². The summed E-state index contributed by atoms with van der Waals surface area (Å²) in [6.07, 6.45) is 3.20. The molecule has 0 atom stereocenters. The lowest BCUT2D eigenvalue weighted by Crippen LogP contribution is -1.96. The first-order chi connectivity index (χ1) is 23.0. The van der Waals surface area contributed by atoms with E-state index in [1.165, 1.54) is 29.8 Å². The third-order valence-corrected chi connectivity index (χ3v) is 8.31. The van der Waals surface area contributed by atoms with Gasteiger partial charge in [0.15, 0.2) is 17.5 Å². The minimum atomic E-state index is -1.80. The van der Waals surface area contributed by atoms with Gasteiger partial charge in [-0.3, -0.25) is 0 Å². The summed E-state index contributed by atoms with van der Waals surface area (Å²) >= 11 is 0. The summed E-state index contributed by atoms with van der Waals surface area (Å²) in [5, 5.41) is -1.02. The molecule has 48 heavy (non-hydrogen) atoms. The van der Waals surface area contributed by atoms with Crippen molar-refractivity contribution in [2.75, 3.05) is 0 Å². The molecule has 6 aromatic carbocycles. The average Bonchev–Trinajstić information content (AvgIpc) is 3.05. The van der Waals surface area contributed by atoms with Gasteiger partial charge >= 0.3 is 0 Å². The molecule has 7 heteroatoms. The molecule has 0 radical (unpaired) electrons. The van der Waals surface area contributed by atoms with Crippen molar-refractivity contribution in [1.29, 1.82) is 0 Å². The Kier molecular flexibility index (Phi) is 9.10. The van der Waals surface area contributed by atoms with Crippen LogP contribution in [0.1, 0.15) is 42.0 Å². The number of rotatable bonds is 6. The fourth-order valence-electron chi connectivity index (χ4n) is 5.74. The highest BCUT2D eigenvalue weighted by Gasteiger charge is 2.19. The monoisotopic (exact) mass is 652 g/mol. The van der Waals surface area contributed by atoms with Crippen molar-refractivity contribution < 1.29 is 30.7 Å². The number of halogens is 7. The van der Waals surface area contributed by atoms with Crippen molar-refractivity contribution in [3.8, 4) is 45.2 Å². The van der Waals surface area contributed by atoms with Crippen LogP contribution in [-0.4, -0.2) is 0 Å². The van der Waals surface area contributed by atoms with E-state index in [0.717, 1.165) is 43.0 Å². The standard InChI is InChI=1S/C41H27F7/c1-3-4-5-24-6-10-26(11-7-24)27-12-15-33(36(44)19-27)28-16-23(2)31(35(43)20-28)13-8-25-9-14-32(34(42)17-25)29-18-30-22-38(46)40(47)41(48)39(30)37(45)21-29/h6-7,9-12,14-22H,3-5H2,1-2H3. The molecule has 0 aliphatic rings. The second-order valence-corrected chi connectivity index (χ2v) is 11.6. The van der Waals surface area contributed by atoms with Crippen molar-refractivity contribution in [3.63, 3.8) is 0 Å². The van der Waals surface area contributed by atoms with Crippen LogP contribution in [0, 0.1) is 59.5 Å². The maximum absolute atomic E-state index is 15.3. The van der Waals surface area contributed by atoms with Gasteiger partial charge in [-0.25, -0.2) is 30.7 Å². The van der Waals surface area contributed by atoms with E-state index in [1.807, 2.05) is 24.3 Å². The number of hydrogen-bond donors (Lipinski definition) is 0. The maximum atomic E-state index is 15.3. The normalized spacial score (nSPS) is 11.1. The van der Waals surface area contributed by atoms with E-state index in [4.69, 9.17) is 0 Å². The molecular formula is C41H27F7. The van der Waals surface area contributed by atoms with Gasteiger partial charge in [-0.15, -0.1) is 0 Å². The van der Waals surface area contributed by atoms with Gasteiger partial charge in [0.25, 0.3) is 0 Å². The van der Waals surface area contributed by atoms with Crippen LogP contribution in [0.4, 0.5) is 30.7 Å². The fraction of sp³-hybridized carbons (Fsp3) is 0.122. The zero-order valence-corrected chi connectivity index (χ0v) is 25.9. The molecule has 0 nitrogen and oxygen atoms in total. The Bertz CT molecular complexity index is 2230. The highest BCUT2D eigenvalue weighted by atomic mass is 19.2. The lowest BCUT2D eigenvalue weighted by Gasteiger charge is -2.10. The zero-order chi connectivity index (χ0) is 34.1. The molecule has 6 rings (SSSR count). The fourth-order valence-corrected chi connectivity index (χ4v) is 5.74. The molecule has 0 bridgehead atoms. The van der Waals surface area contributed by atoms with E-state index in [-0.39, 0.29) is 33.2 Å². The van der Waals surface area contributed by atoms with E-state index in [2.05, 4.69) is 18.8 Å². The largest absolute Gasteiger partial charge is 0.206 e. The van der Waals surface area contributed by atoms with Gasteiger partial charge < -0.3 is 0 Å². The molecule has 0 aliphatic heterocycles. The molecule has 0 N–H and O–H groups in total. The number of benzene rings is 6. The van der Waals surface area contributed by atoms with Crippen molar-refractivity contribution >= 4 is 10.8 Å². The van der Waals surface area contributed by atoms with Crippen LogP contribution < -0.4 is 0 Å². The quantitative estimate of drug-likeness (QED) is 0.0954. The summed E-state index contributed by atoms with van der Waals surface area (Å²) in [4.78, 5) is 0. The second kappa shape index (κ2) is 13.4. The Hall–Kier alpha value is -5.35. The summed E-state index contributed by atoms with van der Waals surface area (Å²) in [5.74, 6) is -2.71. The average molecular weight is 653 g/mol. The van der Waals surface area contributed by atoms with E-state index in [9.17, 15) is 17.6 Å². The first-order valence-electron chi connectivity index (χ1n) is 15.3. The van der Waals surface area contributed by atoms with Crippen molar-refractivity contribution in [1.82, 2.24) is 0 Å². The Morgan fingerprint density at radius 2 is 1.15 bits per heavy atom. The summed E-state index contributed by atoms with van der Waals surface area (Å²) in [6, 6.07) is 22.1. The van der Waals surface area contributed by atoms with Crippen LogP contribution in [0.2, 0.25) is 0 Å². The molecule has 0 amide bonds. The minimum absolute atomic E-state index is 0.0273. The topological polar surface area (TPSA) is 0 Å². The summed E-state index contributed by atoms with van der Waals surface area (Å²) in [5.41, 5.74) is 3.96. The summed E-state index contributed by atoms with van der Waals surface area (Å²) < 4.78 is 102. The van der Waals surface area contributed by atoms with Crippen LogP contribution >= 0.6 is 0 Å². The molecule has 0 unspecified atom stereocenters. The molecule has 0 fully saturated rings.